The fourth-order valence-electron chi connectivity index (χ4n) is 8.66. The van der Waals surface area contributed by atoms with Crippen molar-refractivity contribution in [3.8, 4) is 0 Å². The number of carbonyl (C=O) groups excluding carboxylic acids is 4. The smallest absolute Gasteiger partial charge is 0.316 e. The van der Waals surface area contributed by atoms with Gasteiger partial charge < -0.3 is 24.4 Å². The van der Waals surface area contributed by atoms with E-state index in [2.05, 4.69) is 0 Å². The van der Waals surface area contributed by atoms with Gasteiger partial charge in [0.05, 0.1) is 22.2 Å². The van der Waals surface area contributed by atoms with Crippen molar-refractivity contribution in [2.24, 2.45) is 28.6 Å². The molecule has 4 rings (SSSR count). The number of ether oxygens (including phenoxy) is 3. The molecule has 0 aromatic carbocycles. The molecule has 4 fully saturated rings. The summed E-state index contributed by atoms with van der Waals surface area (Å²) in [7, 11) is 0. The van der Waals surface area contributed by atoms with Gasteiger partial charge in [0.25, 0.3) is 0 Å². The number of carbonyl (C=O) groups is 4. The zero-order valence-electron chi connectivity index (χ0n) is 21.9. The molecule has 0 heterocycles. The highest BCUT2D eigenvalue weighted by atomic mass is 127. The summed E-state index contributed by atoms with van der Waals surface area (Å²) >= 11 is 1.90. The van der Waals surface area contributed by atoms with Crippen molar-refractivity contribution in [1.82, 2.24) is 0 Å². The van der Waals surface area contributed by atoms with Gasteiger partial charge >= 0.3 is 17.9 Å². The SMILES string of the molecule is CC(=O)OCC12CCC(OC(C)=O)CC1(O)CCC1C2CCC2(C)C(C(=O)COC(=O)CI)CCC12O. The third kappa shape index (κ3) is 4.73. The predicted molar refractivity (Wildman–Crippen MR) is 140 cm³/mol. The van der Waals surface area contributed by atoms with Crippen molar-refractivity contribution in [3.05, 3.63) is 0 Å². The maximum Gasteiger partial charge on any atom is 0.316 e. The molecule has 0 spiro atoms. The van der Waals surface area contributed by atoms with Gasteiger partial charge in [0.1, 0.15) is 12.7 Å². The maximum absolute atomic E-state index is 13.1. The standard InChI is InChI=1S/C27H39IO9/c1-16(29)36-15-25-9-4-18(37-17(2)30)12-26(25,33)10-6-20-19(25)5-8-24(3)21(7-11-27(20,24)34)22(31)14-35-23(32)13-28/h18-21,33-34H,4-15H2,1-3H3. The first-order chi connectivity index (χ1) is 17.3. The minimum absolute atomic E-state index is 0.0498. The molecule has 0 radical (unpaired) electrons. The molecule has 4 aliphatic rings. The lowest BCUT2D eigenvalue weighted by Gasteiger charge is -2.66. The van der Waals surface area contributed by atoms with E-state index in [0.717, 1.165) is 0 Å². The number of fused-ring (bicyclic) bond motifs is 5. The van der Waals surface area contributed by atoms with Crippen LogP contribution in [0.1, 0.15) is 78.6 Å². The fourth-order valence-corrected chi connectivity index (χ4v) is 8.88. The van der Waals surface area contributed by atoms with E-state index in [-0.39, 0.29) is 47.7 Å². The Morgan fingerprint density at radius 1 is 0.892 bits per heavy atom. The van der Waals surface area contributed by atoms with Crippen molar-refractivity contribution < 1.29 is 43.6 Å². The van der Waals surface area contributed by atoms with E-state index in [0.29, 0.717) is 51.4 Å². The Morgan fingerprint density at radius 2 is 1.59 bits per heavy atom. The minimum atomic E-state index is -1.20. The molecule has 0 aliphatic heterocycles. The largest absolute Gasteiger partial charge is 0.465 e. The first-order valence-electron chi connectivity index (χ1n) is 13.3. The second kappa shape index (κ2) is 10.4. The monoisotopic (exact) mass is 634 g/mol. The molecule has 0 aromatic rings. The van der Waals surface area contributed by atoms with Gasteiger partial charge in [-0.1, -0.05) is 29.5 Å². The fraction of sp³-hybridized carbons (Fsp3) is 0.852. The third-order valence-corrected chi connectivity index (χ3v) is 11.0. The van der Waals surface area contributed by atoms with Crippen molar-refractivity contribution in [1.29, 1.82) is 0 Å². The summed E-state index contributed by atoms with van der Waals surface area (Å²) in [5.74, 6) is -2.10. The zero-order chi connectivity index (χ0) is 27.2. The average Bonchev–Trinajstić information content (AvgIpc) is 3.11. The second-order valence-electron chi connectivity index (χ2n) is 11.9. The number of hydrogen-bond donors (Lipinski definition) is 2. The van der Waals surface area contributed by atoms with Crippen LogP contribution in [-0.4, -0.2) is 68.9 Å². The first kappa shape index (κ1) is 28.7. The van der Waals surface area contributed by atoms with Gasteiger partial charge in [-0.3, -0.25) is 19.2 Å². The Kier molecular flexibility index (Phi) is 8.05. The minimum Gasteiger partial charge on any atom is -0.465 e. The van der Waals surface area contributed by atoms with Crippen LogP contribution in [0.15, 0.2) is 0 Å². The predicted octanol–water partition coefficient (Wildman–Crippen LogP) is 2.90. The summed E-state index contributed by atoms with van der Waals surface area (Å²) in [5.41, 5.74) is -3.77. The molecule has 9 nitrogen and oxygen atoms in total. The van der Waals surface area contributed by atoms with Gasteiger partial charge in [-0.2, -0.15) is 0 Å². The van der Waals surface area contributed by atoms with E-state index < -0.39 is 46.0 Å². The molecule has 208 valence electrons. The Morgan fingerprint density at radius 3 is 2.24 bits per heavy atom. The highest BCUT2D eigenvalue weighted by Gasteiger charge is 2.72. The Hall–Kier alpha value is -1.27. The van der Waals surface area contributed by atoms with Crippen LogP contribution in [0.3, 0.4) is 0 Å². The van der Waals surface area contributed by atoms with Crippen molar-refractivity contribution in [2.45, 2.75) is 95.9 Å². The lowest BCUT2D eigenvalue weighted by molar-refractivity contribution is -0.272. The maximum atomic E-state index is 13.1. The summed E-state index contributed by atoms with van der Waals surface area (Å²) < 4.78 is 16.3. The molecule has 0 amide bonds. The summed E-state index contributed by atoms with van der Waals surface area (Å²) in [6.45, 7) is 4.47. The van der Waals surface area contributed by atoms with Crippen LogP contribution < -0.4 is 0 Å². The van der Waals surface area contributed by atoms with Crippen LogP contribution in [0.4, 0.5) is 0 Å². The third-order valence-electron chi connectivity index (χ3n) is 10.4. The quantitative estimate of drug-likeness (QED) is 0.188. The summed E-state index contributed by atoms with van der Waals surface area (Å²) in [6, 6.07) is 0. The van der Waals surface area contributed by atoms with Crippen LogP contribution in [0.5, 0.6) is 0 Å². The number of hydrogen-bond acceptors (Lipinski definition) is 9. The average molecular weight is 635 g/mol. The van der Waals surface area contributed by atoms with E-state index in [4.69, 9.17) is 14.2 Å². The Labute approximate surface area is 231 Å². The highest BCUT2D eigenvalue weighted by Crippen LogP contribution is 2.70. The van der Waals surface area contributed by atoms with Gasteiger partial charge in [0.15, 0.2) is 5.78 Å². The summed E-state index contributed by atoms with van der Waals surface area (Å²) in [4.78, 5) is 48.3. The topological polar surface area (TPSA) is 136 Å². The normalized spacial score (nSPS) is 42.5. The molecular weight excluding hydrogens is 595 g/mol. The summed E-state index contributed by atoms with van der Waals surface area (Å²) in [5, 5.41) is 24.4. The lowest BCUT2D eigenvalue weighted by Crippen LogP contribution is -2.69. The number of halogens is 1. The van der Waals surface area contributed by atoms with E-state index in [1.54, 1.807) is 0 Å². The number of ketones is 1. The van der Waals surface area contributed by atoms with E-state index >= 15 is 0 Å². The van der Waals surface area contributed by atoms with Gasteiger partial charge in [0, 0.05) is 37.0 Å². The number of rotatable bonds is 7. The molecule has 8 unspecified atom stereocenters. The summed E-state index contributed by atoms with van der Waals surface area (Å²) in [6.07, 6.45) is 4.10. The van der Waals surface area contributed by atoms with Crippen LogP contribution in [-0.2, 0) is 33.4 Å². The first-order valence-corrected chi connectivity index (χ1v) is 14.8. The molecule has 0 bridgehead atoms. The van der Waals surface area contributed by atoms with Crippen LogP contribution in [0.25, 0.3) is 0 Å². The van der Waals surface area contributed by atoms with Crippen LogP contribution in [0, 0.1) is 28.6 Å². The number of aliphatic hydroxyl groups is 2. The zero-order valence-corrected chi connectivity index (χ0v) is 24.1. The molecule has 4 aliphatic carbocycles. The van der Waals surface area contributed by atoms with E-state index in [1.165, 1.54) is 13.8 Å². The van der Waals surface area contributed by atoms with Crippen molar-refractivity contribution >= 4 is 46.3 Å². The molecule has 8 atom stereocenters. The molecule has 10 heteroatoms. The number of esters is 3. The molecule has 0 saturated heterocycles. The highest BCUT2D eigenvalue weighted by molar-refractivity contribution is 14.1. The molecule has 37 heavy (non-hydrogen) atoms. The molecule has 2 N–H and O–H groups in total. The van der Waals surface area contributed by atoms with E-state index in [9.17, 15) is 29.4 Å². The van der Waals surface area contributed by atoms with Crippen molar-refractivity contribution in [2.75, 3.05) is 17.6 Å². The molecular formula is C27H39IO9. The molecule has 0 aromatic heterocycles. The van der Waals surface area contributed by atoms with Gasteiger partial charge in [0.2, 0.25) is 0 Å². The van der Waals surface area contributed by atoms with Gasteiger partial charge in [-0.25, -0.2) is 0 Å². The van der Waals surface area contributed by atoms with Crippen LogP contribution >= 0.6 is 22.6 Å². The lowest BCUT2D eigenvalue weighted by atomic mass is 9.41. The van der Waals surface area contributed by atoms with Crippen LogP contribution in [0.2, 0.25) is 0 Å². The van der Waals surface area contributed by atoms with E-state index in [1.807, 2.05) is 29.5 Å². The van der Waals surface area contributed by atoms with Gasteiger partial charge in [-0.05, 0) is 63.2 Å². The Bertz CT molecular complexity index is 954. The Balaban J connectivity index is 1.63. The van der Waals surface area contributed by atoms with Crippen molar-refractivity contribution in [3.63, 3.8) is 0 Å². The van der Waals surface area contributed by atoms with Gasteiger partial charge in [-0.15, -0.1) is 0 Å². The number of alkyl halides is 1. The second-order valence-corrected chi connectivity index (χ2v) is 12.7. The number of Topliss-reactive ketones (excluding diaryl/α,β-unsaturated/α-hetero) is 1. The molecule has 4 saturated carbocycles.